The van der Waals surface area contributed by atoms with E-state index in [2.05, 4.69) is 16.5 Å². The van der Waals surface area contributed by atoms with Crippen LogP contribution in [0, 0.1) is 0 Å². The molecule has 0 unspecified atom stereocenters. The summed E-state index contributed by atoms with van der Waals surface area (Å²) in [6, 6.07) is 0. The standard InChI is InChI=1S/C9H15ClN2.ClH/c1-2-3-4-5-12-8-11-7-9(12)6-10;/h7-8H,2-6H2,1H3;1H. The molecular weight excluding hydrogens is 207 g/mol. The number of hydrogen-bond acceptors (Lipinski definition) is 1. The molecule has 1 rings (SSSR count). The van der Waals surface area contributed by atoms with Crippen LogP contribution in [0.4, 0.5) is 0 Å². The maximum Gasteiger partial charge on any atom is 0.0948 e. The maximum absolute atomic E-state index is 5.73. The summed E-state index contributed by atoms with van der Waals surface area (Å²) < 4.78 is 2.13. The van der Waals surface area contributed by atoms with Gasteiger partial charge < -0.3 is 4.57 Å². The van der Waals surface area contributed by atoms with Crippen molar-refractivity contribution in [1.29, 1.82) is 0 Å². The Balaban J connectivity index is 0.00000144. The SMILES string of the molecule is CCCCCn1cncc1CCl.Cl. The lowest BCUT2D eigenvalue weighted by molar-refractivity contribution is 0.591. The van der Waals surface area contributed by atoms with E-state index in [-0.39, 0.29) is 12.4 Å². The van der Waals surface area contributed by atoms with Gasteiger partial charge in [0.15, 0.2) is 0 Å². The molecule has 0 radical (unpaired) electrons. The predicted molar refractivity (Wildman–Crippen MR) is 58.6 cm³/mol. The molecule has 1 heterocycles. The molecule has 0 aliphatic carbocycles. The first-order valence-electron chi connectivity index (χ1n) is 4.43. The number of aryl methyl sites for hydroxylation is 1. The molecular formula is C9H16Cl2N2. The van der Waals surface area contributed by atoms with E-state index >= 15 is 0 Å². The van der Waals surface area contributed by atoms with E-state index < -0.39 is 0 Å². The number of nitrogens with zero attached hydrogens (tertiary/aromatic N) is 2. The summed E-state index contributed by atoms with van der Waals surface area (Å²) in [6.45, 7) is 3.26. The van der Waals surface area contributed by atoms with Gasteiger partial charge in [-0.25, -0.2) is 4.98 Å². The van der Waals surface area contributed by atoms with E-state index in [4.69, 9.17) is 11.6 Å². The highest BCUT2D eigenvalue weighted by Gasteiger charge is 1.98. The van der Waals surface area contributed by atoms with Crippen LogP contribution in [0.3, 0.4) is 0 Å². The molecule has 76 valence electrons. The van der Waals surface area contributed by atoms with Gasteiger partial charge in [-0.2, -0.15) is 0 Å². The minimum Gasteiger partial charge on any atom is -0.333 e. The first kappa shape index (κ1) is 12.8. The number of unbranched alkanes of at least 4 members (excludes halogenated alkanes) is 2. The molecule has 2 nitrogen and oxygen atoms in total. The summed E-state index contributed by atoms with van der Waals surface area (Å²) in [4.78, 5) is 4.05. The summed E-state index contributed by atoms with van der Waals surface area (Å²) in [7, 11) is 0. The Morgan fingerprint density at radius 1 is 1.46 bits per heavy atom. The van der Waals surface area contributed by atoms with Gasteiger partial charge in [-0.15, -0.1) is 24.0 Å². The van der Waals surface area contributed by atoms with Crippen LogP contribution in [0.1, 0.15) is 31.9 Å². The van der Waals surface area contributed by atoms with Crippen LogP contribution < -0.4 is 0 Å². The Morgan fingerprint density at radius 2 is 2.23 bits per heavy atom. The fourth-order valence-electron chi connectivity index (χ4n) is 1.19. The molecule has 0 fully saturated rings. The van der Waals surface area contributed by atoms with Crippen LogP contribution in [-0.2, 0) is 12.4 Å². The first-order chi connectivity index (χ1) is 5.88. The molecule has 0 saturated carbocycles. The molecule has 0 atom stereocenters. The molecule has 0 aliphatic heterocycles. The second-order valence-electron chi connectivity index (χ2n) is 2.92. The van der Waals surface area contributed by atoms with E-state index in [0.29, 0.717) is 5.88 Å². The van der Waals surface area contributed by atoms with Gasteiger partial charge in [0.25, 0.3) is 0 Å². The summed E-state index contributed by atoms with van der Waals surface area (Å²) in [5.74, 6) is 0.562. The van der Waals surface area contributed by atoms with Crippen molar-refractivity contribution in [3.8, 4) is 0 Å². The Hall–Kier alpha value is -0.210. The van der Waals surface area contributed by atoms with Gasteiger partial charge >= 0.3 is 0 Å². The lowest BCUT2D eigenvalue weighted by atomic mass is 10.2. The van der Waals surface area contributed by atoms with Gasteiger partial charge in [0.05, 0.1) is 17.9 Å². The van der Waals surface area contributed by atoms with E-state index in [1.807, 2.05) is 12.5 Å². The molecule has 0 N–H and O–H groups in total. The van der Waals surface area contributed by atoms with Crippen LogP contribution in [0.2, 0.25) is 0 Å². The van der Waals surface area contributed by atoms with Crippen molar-refractivity contribution in [3.63, 3.8) is 0 Å². The Bertz CT molecular complexity index is 223. The highest BCUT2D eigenvalue weighted by atomic mass is 35.5. The average Bonchev–Trinajstić information content (AvgIpc) is 2.52. The fraction of sp³-hybridized carbons (Fsp3) is 0.667. The zero-order chi connectivity index (χ0) is 8.81. The van der Waals surface area contributed by atoms with Crippen molar-refractivity contribution >= 4 is 24.0 Å². The number of halogens is 2. The molecule has 0 saturated heterocycles. The second kappa shape index (κ2) is 7.22. The Morgan fingerprint density at radius 3 is 2.85 bits per heavy atom. The zero-order valence-electron chi connectivity index (χ0n) is 7.87. The van der Waals surface area contributed by atoms with Gasteiger partial charge in [-0.1, -0.05) is 19.8 Å². The molecule has 13 heavy (non-hydrogen) atoms. The molecule has 0 spiro atoms. The third-order valence-electron chi connectivity index (χ3n) is 1.94. The number of hydrogen-bond donors (Lipinski definition) is 0. The monoisotopic (exact) mass is 222 g/mol. The van der Waals surface area contributed by atoms with E-state index in [0.717, 1.165) is 12.2 Å². The normalized spacial score (nSPS) is 9.69. The largest absolute Gasteiger partial charge is 0.333 e. The molecule has 4 heteroatoms. The number of rotatable bonds is 5. The quantitative estimate of drug-likeness (QED) is 0.553. The van der Waals surface area contributed by atoms with E-state index in [9.17, 15) is 0 Å². The molecule has 0 amide bonds. The van der Waals surface area contributed by atoms with Gasteiger partial charge in [0.2, 0.25) is 0 Å². The van der Waals surface area contributed by atoms with Crippen molar-refractivity contribution in [1.82, 2.24) is 9.55 Å². The molecule has 0 bridgehead atoms. The lowest BCUT2D eigenvalue weighted by Crippen LogP contribution is -1.99. The predicted octanol–water partition coefficient (Wildman–Crippen LogP) is 3.23. The van der Waals surface area contributed by atoms with Crippen molar-refractivity contribution in [3.05, 3.63) is 18.2 Å². The number of imidazole rings is 1. The summed E-state index contributed by atoms with van der Waals surface area (Å²) in [6.07, 6.45) is 7.44. The lowest BCUT2D eigenvalue weighted by Gasteiger charge is -2.04. The summed E-state index contributed by atoms with van der Waals surface area (Å²) >= 11 is 5.73. The molecule has 1 aromatic rings. The van der Waals surface area contributed by atoms with Crippen molar-refractivity contribution in [2.75, 3.05) is 0 Å². The highest BCUT2D eigenvalue weighted by molar-refractivity contribution is 6.16. The van der Waals surface area contributed by atoms with Gasteiger partial charge in [0.1, 0.15) is 0 Å². The fourth-order valence-corrected chi connectivity index (χ4v) is 1.42. The minimum absolute atomic E-state index is 0. The van der Waals surface area contributed by atoms with Crippen LogP contribution >= 0.6 is 24.0 Å². The molecule has 0 aromatic carbocycles. The van der Waals surface area contributed by atoms with Crippen molar-refractivity contribution < 1.29 is 0 Å². The van der Waals surface area contributed by atoms with Crippen LogP contribution in [0.15, 0.2) is 12.5 Å². The van der Waals surface area contributed by atoms with Crippen LogP contribution in [0.5, 0.6) is 0 Å². The van der Waals surface area contributed by atoms with Crippen LogP contribution in [0.25, 0.3) is 0 Å². The topological polar surface area (TPSA) is 17.8 Å². The minimum atomic E-state index is 0. The molecule has 1 aromatic heterocycles. The van der Waals surface area contributed by atoms with Crippen molar-refractivity contribution in [2.24, 2.45) is 0 Å². The average molecular weight is 223 g/mol. The number of aromatic nitrogens is 2. The smallest absolute Gasteiger partial charge is 0.0948 e. The summed E-state index contributed by atoms with van der Waals surface area (Å²) in [5.41, 5.74) is 1.12. The highest BCUT2D eigenvalue weighted by Crippen LogP contribution is 2.05. The number of alkyl halides is 1. The maximum atomic E-state index is 5.73. The Kier molecular flexibility index (Phi) is 7.10. The van der Waals surface area contributed by atoms with Gasteiger partial charge in [-0.3, -0.25) is 0 Å². The van der Waals surface area contributed by atoms with Crippen LogP contribution in [-0.4, -0.2) is 9.55 Å². The Labute approximate surface area is 90.7 Å². The van der Waals surface area contributed by atoms with Crippen molar-refractivity contribution in [2.45, 2.75) is 38.6 Å². The van der Waals surface area contributed by atoms with E-state index in [1.165, 1.54) is 19.3 Å². The third kappa shape index (κ3) is 4.01. The first-order valence-corrected chi connectivity index (χ1v) is 4.97. The second-order valence-corrected chi connectivity index (χ2v) is 3.19. The van der Waals surface area contributed by atoms with E-state index in [1.54, 1.807) is 0 Å². The van der Waals surface area contributed by atoms with Gasteiger partial charge in [0, 0.05) is 12.7 Å². The summed E-state index contributed by atoms with van der Waals surface area (Å²) in [5, 5.41) is 0. The third-order valence-corrected chi connectivity index (χ3v) is 2.21. The molecule has 0 aliphatic rings. The van der Waals surface area contributed by atoms with Gasteiger partial charge in [-0.05, 0) is 6.42 Å². The zero-order valence-corrected chi connectivity index (χ0v) is 9.44.